The van der Waals surface area contributed by atoms with Gasteiger partial charge in [0, 0.05) is 56.1 Å². The molecule has 0 unspecified atom stereocenters. The Balaban J connectivity index is 1.14. The van der Waals surface area contributed by atoms with Crippen molar-refractivity contribution < 1.29 is 22.7 Å². The average molecular weight is 658 g/mol. The summed E-state index contributed by atoms with van der Waals surface area (Å²) in [4.78, 5) is 43.8. The number of sulfone groups is 1. The normalized spacial score (nSPS) is 16.2. The summed E-state index contributed by atoms with van der Waals surface area (Å²) in [5.74, 6) is 0.447. The lowest BCUT2D eigenvalue weighted by atomic mass is 9.87. The summed E-state index contributed by atoms with van der Waals surface area (Å²) in [6, 6.07) is 16.2. The molecule has 13 heteroatoms. The zero-order valence-corrected chi connectivity index (χ0v) is 28.0. The monoisotopic (exact) mass is 657 g/mol. The van der Waals surface area contributed by atoms with E-state index in [-0.39, 0.29) is 28.6 Å². The minimum absolute atomic E-state index is 0.132. The topological polar surface area (TPSA) is 147 Å². The first-order valence-electron chi connectivity index (χ1n) is 15.5. The predicted octanol–water partition coefficient (Wildman–Crippen LogP) is 3.73. The fraction of sp³-hybridized carbons (Fsp3) is 0.382. The Morgan fingerprint density at radius 1 is 1.02 bits per heavy atom. The van der Waals surface area contributed by atoms with Gasteiger partial charge in [0.1, 0.15) is 11.4 Å². The summed E-state index contributed by atoms with van der Waals surface area (Å²) in [6.07, 6.45) is 2.55. The molecule has 5 heterocycles. The van der Waals surface area contributed by atoms with E-state index in [1.165, 1.54) is 6.07 Å². The van der Waals surface area contributed by atoms with Crippen molar-refractivity contribution >= 4 is 38.6 Å². The Morgan fingerprint density at radius 3 is 2.53 bits per heavy atom. The highest BCUT2D eigenvalue weighted by atomic mass is 32.2. The second-order valence-electron chi connectivity index (χ2n) is 13.3. The quantitative estimate of drug-likeness (QED) is 0.315. The number of aromatic nitrogens is 3. The van der Waals surface area contributed by atoms with Crippen LogP contribution in [0.15, 0.2) is 65.7 Å². The lowest BCUT2D eigenvalue weighted by Gasteiger charge is -2.54. The number of piperazine rings is 1. The molecule has 1 aromatic carbocycles. The minimum atomic E-state index is -3.46. The van der Waals surface area contributed by atoms with E-state index in [0.717, 1.165) is 36.2 Å². The van der Waals surface area contributed by atoms with Gasteiger partial charge in [-0.15, -0.1) is 0 Å². The van der Waals surface area contributed by atoms with Gasteiger partial charge in [0.2, 0.25) is 0 Å². The summed E-state index contributed by atoms with van der Waals surface area (Å²) >= 11 is 0. The van der Waals surface area contributed by atoms with E-state index in [1.807, 2.05) is 57.2 Å². The van der Waals surface area contributed by atoms with Crippen LogP contribution in [0.2, 0.25) is 0 Å². The molecule has 0 saturated carbocycles. The van der Waals surface area contributed by atoms with Crippen LogP contribution in [0, 0.1) is 6.92 Å². The van der Waals surface area contributed by atoms with Crippen molar-refractivity contribution in [3.63, 3.8) is 0 Å². The molecule has 3 aromatic heterocycles. The summed E-state index contributed by atoms with van der Waals surface area (Å²) < 4.78 is 29.7. The molecule has 246 valence electrons. The van der Waals surface area contributed by atoms with Crippen molar-refractivity contribution in [3.05, 3.63) is 77.6 Å². The SMILES string of the molecule is Cc1ccc(C(=O)NCc2cc3nc(-c4cccc(N5CCNC6(CN(C(=O)OC(C)(C)C)C6)C5)n4)ccc3cn2)cc1S(C)(=O)=O. The number of likely N-dealkylation sites (tertiary alicyclic amines) is 1. The Hall–Kier alpha value is -4.62. The first-order valence-corrected chi connectivity index (χ1v) is 17.4. The smallest absolute Gasteiger partial charge is 0.410 e. The lowest BCUT2D eigenvalue weighted by molar-refractivity contribution is -0.0171. The van der Waals surface area contributed by atoms with Crippen LogP contribution < -0.4 is 15.5 Å². The van der Waals surface area contributed by atoms with Crippen molar-refractivity contribution in [2.45, 2.75) is 50.3 Å². The van der Waals surface area contributed by atoms with Gasteiger partial charge in [-0.2, -0.15) is 0 Å². The molecule has 2 fully saturated rings. The Morgan fingerprint density at radius 2 is 1.79 bits per heavy atom. The van der Waals surface area contributed by atoms with E-state index in [2.05, 4.69) is 20.5 Å². The molecular weight excluding hydrogens is 618 g/mol. The van der Waals surface area contributed by atoms with Gasteiger partial charge in [-0.05, 0) is 75.7 Å². The van der Waals surface area contributed by atoms with Crippen molar-refractivity contribution in [2.75, 3.05) is 43.9 Å². The van der Waals surface area contributed by atoms with Crippen LogP contribution in [0.25, 0.3) is 22.3 Å². The lowest BCUT2D eigenvalue weighted by Crippen LogP contribution is -2.77. The number of hydrogen-bond donors (Lipinski definition) is 2. The number of carbonyl (C=O) groups excluding carboxylic acids is 2. The second kappa shape index (κ2) is 12.2. The number of nitrogens with zero attached hydrogens (tertiary/aromatic N) is 5. The van der Waals surface area contributed by atoms with Gasteiger partial charge in [-0.25, -0.2) is 23.2 Å². The molecular formula is C34H39N7O5S. The maximum atomic E-state index is 12.8. The number of ether oxygens (including phenoxy) is 1. The Bertz CT molecular complexity index is 1970. The van der Waals surface area contributed by atoms with Crippen LogP contribution >= 0.6 is 0 Å². The van der Waals surface area contributed by atoms with E-state index in [4.69, 9.17) is 14.7 Å². The number of anilines is 1. The van der Waals surface area contributed by atoms with Crippen LogP contribution in [0.3, 0.4) is 0 Å². The molecule has 2 aliphatic heterocycles. The number of aryl methyl sites for hydroxylation is 1. The molecule has 47 heavy (non-hydrogen) atoms. The molecule has 4 aromatic rings. The van der Waals surface area contributed by atoms with Crippen LogP contribution in [0.1, 0.15) is 42.4 Å². The highest BCUT2D eigenvalue weighted by Crippen LogP contribution is 2.29. The maximum Gasteiger partial charge on any atom is 0.410 e. The zero-order chi connectivity index (χ0) is 33.6. The first kappa shape index (κ1) is 32.3. The van der Waals surface area contributed by atoms with Gasteiger partial charge < -0.3 is 25.2 Å². The molecule has 0 radical (unpaired) electrons. The predicted molar refractivity (Wildman–Crippen MR) is 179 cm³/mol. The molecule has 12 nitrogen and oxygen atoms in total. The number of pyridine rings is 3. The van der Waals surface area contributed by atoms with E-state index in [1.54, 1.807) is 30.2 Å². The van der Waals surface area contributed by atoms with Gasteiger partial charge in [0.15, 0.2) is 9.84 Å². The third-order valence-corrected chi connectivity index (χ3v) is 9.48. The van der Waals surface area contributed by atoms with Gasteiger partial charge in [0.05, 0.1) is 39.6 Å². The van der Waals surface area contributed by atoms with E-state index >= 15 is 0 Å². The van der Waals surface area contributed by atoms with Crippen LogP contribution in [0.5, 0.6) is 0 Å². The number of carbonyl (C=O) groups is 2. The third kappa shape index (κ3) is 7.20. The summed E-state index contributed by atoms with van der Waals surface area (Å²) in [7, 11) is -3.46. The molecule has 1 spiro atoms. The number of nitrogens with one attached hydrogen (secondary N) is 2. The number of fused-ring (bicyclic) bond motifs is 1. The van der Waals surface area contributed by atoms with Gasteiger partial charge in [-0.3, -0.25) is 9.78 Å². The van der Waals surface area contributed by atoms with Crippen LogP contribution in [-0.4, -0.2) is 90.4 Å². The fourth-order valence-corrected chi connectivity index (χ4v) is 6.95. The second-order valence-corrected chi connectivity index (χ2v) is 15.3. The molecule has 0 atom stereocenters. The fourth-order valence-electron chi connectivity index (χ4n) is 5.96. The first-order chi connectivity index (χ1) is 22.2. The molecule has 2 aliphatic rings. The van der Waals surface area contributed by atoms with Crippen molar-refractivity contribution in [1.82, 2.24) is 30.5 Å². The number of benzene rings is 1. The number of rotatable bonds is 6. The highest BCUT2D eigenvalue weighted by molar-refractivity contribution is 7.90. The van der Waals surface area contributed by atoms with Gasteiger partial charge in [-0.1, -0.05) is 12.1 Å². The van der Waals surface area contributed by atoms with Crippen LogP contribution in [-0.2, 0) is 21.1 Å². The van der Waals surface area contributed by atoms with E-state index in [9.17, 15) is 18.0 Å². The Labute approximate surface area is 274 Å². The van der Waals surface area contributed by atoms with Crippen LogP contribution in [0.4, 0.5) is 10.6 Å². The third-order valence-electron chi connectivity index (χ3n) is 8.24. The maximum absolute atomic E-state index is 12.8. The standard InChI is InChI=1S/C34H39N7O5S/c1-22-9-10-23(15-29(22)47(5,44)45)31(42)36-18-25-16-28-24(17-35-25)11-12-27(38-28)26-7-6-8-30(39-26)40-14-13-37-34(19-40)20-41(21-34)32(43)46-33(2,3)4/h6-12,15-17,37H,13-14,18-21H2,1-5H3,(H,36,42). The number of amides is 2. The molecule has 2 amide bonds. The molecule has 2 saturated heterocycles. The van der Waals surface area contributed by atoms with Gasteiger partial charge >= 0.3 is 6.09 Å². The van der Waals surface area contributed by atoms with E-state index in [0.29, 0.717) is 42.1 Å². The molecule has 6 rings (SSSR count). The molecule has 0 bridgehead atoms. The summed E-state index contributed by atoms with van der Waals surface area (Å²) in [5, 5.41) is 7.27. The van der Waals surface area contributed by atoms with Crippen molar-refractivity contribution in [1.29, 1.82) is 0 Å². The van der Waals surface area contributed by atoms with E-state index < -0.39 is 21.3 Å². The molecule has 2 N–H and O–H groups in total. The minimum Gasteiger partial charge on any atom is -0.444 e. The largest absolute Gasteiger partial charge is 0.444 e. The summed E-state index contributed by atoms with van der Waals surface area (Å²) in [6.45, 7) is 10.9. The molecule has 0 aliphatic carbocycles. The Kier molecular flexibility index (Phi) is 8.39. The van der Waals surface area contributed by atoms with Gasteiger partial charge in [0.25, 0.3) is 5.91 Å². The van der Waals surface area contributed by atoms with Crippen molar-refractivity contribution in [2.24, 2.45) is 0 Å². The zero-order valence-electron chi connectivity index (χ0n) is 27.2. The number of hydrogen-bond acceptors (Lipinski definition) is 10. The summed E-state index contributed by atoms with van der Waals surface area (Å²) in [5.41, 5.74) is 2.87. The highest BCUT2D eigenvalue weighted by Gasteiger charge is 2.49. The average Bonchev–Trinajstić information content (AvgIpc) is 3.01. The van der Waals surface area contributed by atoms with Crippen molar-refractivity contribution in [3.8, 4) is 11.4 Å².